The van der Waals surface area contributed by atoms with Gasteiger partial charge >= 0.3 is 0 Å². The van der Waals surface area contributed by atoms with Crippen LogP contribution in [0.1, 0.15) is 16.9 Å². The maximum absolute atomic E-state index is 11.7. The number of amides is 1. The van der Waals surface area contributed by atoms with Crippen LogP contribution in [0, 0.1) is 0 Å². The molecule has 3 rings (SSSR count). The monoisotopic (exact) mass is 273 g/mol. The van der Waals surface area contributed by atoms with Crippen LogP contribution < -0.4 is 14.8 Å². The average Bonchev–Trinajstić information content (AvgIpc) is 3.01. The zero-order valence-corrected chi connectivity index (χ0v) is 10.8. The van der Waals surface area contributed by atoms with E-state index in [-0.39, 0.29) is 12.0 Å². The molecule has 2 aromatic rings. The second kappa shape index (κ2) is 5.64. The summed E-state index contributed by atoms with van der Waals surface area (Å²) >= 11 is 0. The molecule has 20 heavy (non-hydrogen) atoms. The molecule has 2 heterocycles. The van der Waals surface area contributed by atoms with E-state index in [4.69, 9.17) is 9.47 Å². The van der Waals surface area contributed by atoms with Gasteiger partial charge in [0.25, 0.3) is 5.91 Å². The van der Waals surface area contributed by atoms with Crippen LogP contribution in [0.2, 0.25) is 0 Å². The van der Waals surface area contributed by atoms with E-state index < -0.39 is 0 Å². The first kappa shape index (κ1) is 12.5. The van der Waals surface area contributed by atoms with Gasteiger partial charge in [0.2, 0.25) is 0 Å². The van der Waals surface area contributed by atoms with E-state index >= 15 is 0 Å². The van der Waals surface area contributed by atoms with Gasteiger partial charge in [0, 0.05) is 13.0 Å². The summed E-state index contributed by atoms with van der Waals surface area (Å²) in [6.45, 7) is 1.02. The standard InChI is InChI=1S/C14H15N3O3/c18-14(11-7-15-9-17-11)16-6-5-10-8-19-12-3-1-2-4-13(12)20-10/h1-4,7,9-10H,5-6,8H2,(H,15,17)(H,16,18)/t10-/m1/s1. The second-order valence-electron chi connectivity index (χ2n) is 4.51. The molecule has 0 spiro atoms. The summed E-state index contributed by atoms with van der Waals surface area (Å²) in [4.78, 5) is 18.3. The maximum atomic E-state index is 11.7. The van der Waals surface area contributed by atoms with E-state index in [1.54, 1.807) is 0 Å². The lowest BCUT2D eigenvalue weighted by Crippen LogP contribution is -2.34. The highest BCUT2D eigenvalue weighted by Crippen LogP contribution is 2.31. The lowest BCUT2D eigenvalue weighted by molar-refractivity contribution is 0.0811. The quantitative estimate of drug-likeness (QED) is 0.882. The molecule has 0 radical (unpaired) electrons. The number of hydrogen-bond donors (Lipinski definition) is 2. The van der Waals surface area contributed by atoms with Crippen molar-refractivity contribution in [2.24, 2.45) is 0 Å². The minimum atomic E-state index is -0.167. The molecule has 0 aliphatic carbocycles. The lowest BCUT2D eigenvalue weighted by Gasteiger charge is -2.26. The Balaban J connectivity index is 1.47. The molecule has 0 saturated heterocycles. The van der Waals surface area contributed by atoms with Crippen molar-refractivity contribution in [1.29, 1.82) is 0 Å². The van der Waals surface area contributed by atoms with Crippen LogP contribution in [0.15, 0.2) is 36.8 Å². The topological polar surface area (TPSA) is 76.2 Å². The number of aromatic nitrogens is 2. The summed E-state index contributed by atoms with van der Waals surface area (Å²) in [5, 5.41) is 2.81. The molecule has 1 atom stereocenters. The van der Waals surface area contributed by atoms with E-state index in [1.807, 2.05) is 24.3 Å². The maximum Gasteiger partial charge on any atom is 0.269 e. The Morgan fingerprint density at radius 1 is 1.40 bits per heavy atom. The Bertz CT molecular complexity index is 583. The number of H-pyrrole nitrogens is 1. The molecule has 6 nitrogen and oxygen atoms in total. The Kier molecular flexibility index (Phi) is 3.54. The highest BCUT2D eigenvalue weighted by molar-refractivity contribution is 5.91. The van der Waals surface area contributed by atoms with Gasteiger partial charge in [-0.25, -0.2) is 4.98 Å². The van der Waals surface area contributed by atoms with Gasteiger partial charge in [-0.3, -0.25) is 4.79 Å². The summed E-state index contributed by atoms with van der Waals surface area (Å²) in [5.74, 6) is 1.36. The molecular weight excluding hydrogens is 258 g/mol. The van der Waals surface area contributed by atoms with Gasteiger partial charge in [0.15, 0.2) is 11.5 Å². The van der Waals surface area contributed by atoms with Gasteiger partial charge in [-0.05, 0) is 12.1 Å². The third-order valence-electron chi connectivity index (χ3n) is 3.06. The number of nitrogens with one attached hydrogen (secondary N) is 2. The van der Waals surface area contributed by atoms with Crippen LogP contribution in [-0.4, -0.2) is 35.1 Å². The Hall–Kier alpha value is -2.50. The number of ether oxygens (including phenoxy) is 2. The number of imidazole rings is 1. The predicted octanol–water partition coefficient (Wildman–Crippen LogP) is 1.37. The molecule has 2 N–H and O–H groups in total. The molecule has 0 unspecified atom stereocenters. The number of hydrogen-bond acceptors (Lipinski definition) is 4. The van der Waals surface area contributed by atoms with Crippen LogP contribution in [-0.2, 0) is 0 Å². The molecule has 1 aliphatic heterocycles. The minimum absolute atomic E-state index is 0.0491. The van der Waals surface area contributed by atoms with E-state index in [0.717, 1.165) is 11.5 Å². The molecule has 1 amide bonds. The summed E-state index contributed by atoms with van der Waals surface area (Å²) < 4.78 is 11.4. The van der Waals surface area contributed by atoms with Gasteiger partial charge in [-0.15, -0.1) is 0 Å². The predicted molar refractivity (Wildman–Crippen MR) is 71.9 cm³/mol. The third-order valence-corrected chi connectivity index (χ3v) is 3.06. The van der Waals surface area contributed by atoms with Crippen LogP contribution >= 0.6 is 0 Å². The van der Waals surface area contributed by atoms with Crippen LogP contribution in [0.3, 0.4) is 0 Å². The van der Waals surface area contributed by atoms with E-state index in [2.05, 4.69) is 15.3 Å². The molecular formula is C14H15N3O3. The fraction of sp³-hybridized carbons (Fsp3) is 0.286. The fourth-order valence-corrected chi connectivity index (χ4v) is 2.03. The van der Waals surface area contributed by atoms with Crippen LogP contribution in [0.5, 0.6) is 11.5 Å². The first-order valence-corrected chi connectivity index (χ1v) is 6.48. The first-order chi connectivity index (χ1) is 9.83. The summed E-state index contributed by atoms with van der Waals surface area (Å²) in [5.41, 5.74) is 0.455. The molecule has 0 bridgehead atoms. The first-order valence-electron chi connectivity index (χ1n) is 6.48. The van der Waals surface area contributed by atoms with E-state index in [9.17, 15) is 4.79 Å². The minimum Gasteiger partial charge on any atom is -0.486 e. The third kappa shape index (κ3) is 2.74. The number of carbonyl (C=O) groups is 1. The van der Waals surface area contributed by atoms with E-state index in [1.165, 1.54) is 12.5 Å². The Morgan fingerprint density at radius 3 is 3.05 bits per heavy atom. The van der Waals surface area contributed by atoms with Crippen molar-refractivity contribution < 1.29 is 14.3 Å². The Labute approximate surface area is 116 Å². The largest absolute Gasteiger partial charge is 0.486 e. The molecule has 1 aliphatic rings. The number of benzene rings is 1. The average molecular weight is 273 g/mol. The van der Waals surface area contributed by atoms with Gasteiger partial charge in [-0.1, -0.05) is 12.1 Å². The summed E-state index contributed by atoms with van der Waals surface area (Å²) in [7, 11) is 0. The molecule has 6 heteroatoms. The van der Waals surface area contributed by atoms with Gasteiger partial charge < -0.3 is 19.8 Å². The number of para-hydroxylation sites is 2. The van der Waals surface area contributed by atoms with Gasteiger partial charge in [0.05, 0.1) is 12.5 Å². The van der Waals surface area contributed by atoms with Crippen LogP contribution in [0.4, 0.5) is 0 Å². The number of nitrogens with zero attached hydrogens (tertiary/aromatic N) is 1. The molecule has 0 saturated carbocycles. The van der Waals surface area contributed by atoms with Crippen molar-refractivity contribution in [2.45, 2.75) is 12.5 Å². The van der Waals surface area contributed by atoms with Crippen molar-refractivity contribution in [3.05, 3.63) is 42.5 Å². The van der Waals surface area contributed by atoms with Crippen molar-refractivity contribution in [1.82, 2.24) is 15.3 Å². The molecule has 104 valence electrons. The fourth-order valence-electron chi connectivity index (χ4n) is 2.03. The smallest absolute Gasteiger partial charge is 0.269 e. The van der Waals surface area contributed by atoms with Crippen molar-refractivity contribution >= 4 is 5.91 Å². The SMILES string of the molecule is O=C(NCC[C@@H]1COc2ccccc2O1)c1cnc[nH]1. The number of fused-ring (bicyclic) bond motifs is 1. The molecule has 1 aromatic carbocycles. The Morgan fingerprint density at radius 2 is 2.25 bits per heavy atom. The van der Waals surface area contributed by atoms with Crippen molar-refractivity contribution in [2.75, 3.05) is 13.2 Å². The van der Waals surface area contributed by atoms with Gasteiger partial charge in [-0.2, -0.15) is 0 Å². The summed E-state index contributed by atoms with van der Waals surface area (Å²) in [6.07, 6.45) is 3.61. The number of aromatic amines is 1. The van der Waals surface area contributed by atoms with Gasteiger partial charge in [0.1, 0.15) is 18.4 Å². The number of carbonyl (C=O) groups excluding carboxylic acids is 1. The highest BCUT2D eigenvalue weighted by Gasteiger charge is 2.20. The van der Waals surface area contributed by atoms with E-state index in [0.29, 0.717) is 25.3 Å². The van der Waals surface area contributed by atoms with Crippen LogP contribution in [0.25, 0.3) is 0 Å². The normalized spacial score (nSPS) is 16.7. The highest BCUT2D eigenvalue weighted by atomic mass is 16.6. The zero-order valence-electron chi connectivity index (χ0n) is 10.8. The summed E-state index contributed by atoms with van der Waals surface area (Å²) in [6, 6.07) is 7.58. The van der Waals surface area contributed by atoms with Crippen molar-refractivity contribution in [3.8, 4) is 11.5 Å². The molecule has 0 fully saturated rings. The second-order valence-corrected chi connectivity index (χ2v) is 4.51. The van der Waals surface area contributed by atoms with Crippen molar-refractivity contribution in [3.63, 3.8) is 0 Å². The lowest BCUT2D eigenvalue weighted by atomic mass is 10.2. The zero-order chi connectivity index (χ0) is 13.8. The molecule has 1 aromatic heterocycles. The number of rotatable bonds is 4.